The first-order valence-corrected chi connectivity index (χ1v) is 13.3. The van der Waals surface area contributed by atoms with Gasteiger partial charge >= 0.3 is 6.18 Å². The summed E-state index contributed by atoms with van der Waals surface area (Å²) in [6.07, 6.45) is -4.06. The second-order valence-electron chi connectivity index (χ2n) is 10.5. The van der Waals surface area contributed by atoms with Crippen molar-refractivity contribution in [2.75, 3.05) is 0 Å². The highest BCUT2D eigenvalue weighted by atomic mass is 19.4. The van der Waals surface area contributed by atoms with Gasteiger partial charge in [0.2, 0.25) is 0 Å². The van der Waals surface area contributed by atoms with Crippen LogP contribution in [0.4, 0.5) is 26.3 Å². The van der Waals surface area contributed by atoms with Crippen LogP contribution in [0.15, 0.2) is 59.5 Å². The van der Waals surface area contributed by atoms with Crippen LogP contribution in [0, 0.1) is 19.7 Å². The zero-order valence-electron chi connectivity index (χ0n) is 22.4. The van der Waals surface area contributed by atoms with Gasteiger partial charge in [-0.1, -0.05) is 30.3 Å². The van der Waals surface area contributed by atoms with E-state index < -0.39 is 36.0 Å². The first-order valence-electron chi connectivity index (χ1n) is 13.3. The molecular formula is C30H28F6N4O. The van der Waals surface area contributed by atoms with Gasteiger partial charge in [0.15, 0.2) is 5.82 Å². The lowest BCUT2D eigenvalue weighted by Gasteiger charge is -2.30. The largest absolute Gasteiger partial charge is 0.416 e. The average molecular weight is 575 g/mol. The number of hydrogen-bond donors (Lipinski definition) is 0. The van der Waals surface area contributed by atoms with E-state index in [1.165, 1.54) is 41.8 Å². The van der Waals surface area contributed by atoms with E-state index in [2.05, 4.69) is 10.1 Å². The second kappa shape index (κ2) is 11.2. The van der Waals surface area contributed by atoms with Crippen LogP contribution in [-0.4, -0.2) is 19.3 Å². The number of aromatic nitrogens is 4. The van der Waals surface area contributed by atoms with E-state index in [-0.39, 0.29) is 34.9 Å². The van der Waals surface area contributed by atoms with Crippen molar-refractivity contribution in [2.45, 2.75) is 70.5 Å². The molecule has 2 heterocycles. The molecule has 1 aliphatic carbocycles. The van der Waals surface area contributed by atoms with Crippen molar-refractivity contribution in [1.82, 2.24) is 19.3 Å². The zero-order valence-corrected chi connectivity index (χ0v) is 22.4. The van der Waals surface area contributed by atoms with Gasteiger partial charge in [-0.15, -0.1) is 0 Å². The van der Waals surface area contributed by atoms with Crippen LogP contribution >= 0.6 is 0 Å². The molecular weight excluding hydrogens is 546 g/mol. The lowest BCUT2D eigenvalue weighted by Crippen LogP contribution is -2.31. The monoisotopic (exact) mass is 574 g/mol. The van der Waals surface area contributed by atoms with E-state index in [9.17, 15) is 31.1 Å². The summed E-state index contributed by atoms with van der Waals surface area (Å²) in [7, 11) is 0. The Morgan fingerprint density at radius 2 is 1.66 bits per heavy atom. The first-order chi connectivity index (χ1) is 19.4. The summed E-state index contributed by atoms with van der Waals surface area (Å²) in [5, 5.41) is 4.30. The molecule has 0 bridgehead atoms. The molecule has 1 saturated carbocycles. The topological polar surface area (TPSA) is 52.7 Å². The minimum atomic E-state index is -4.64. The Balaban J connectivity index is 1.55. The van der Waals surface area contributed by atoms with Gasteiger partial charge in [-0.05, 0) is 86.3 Å². The normalized spacial score (nSPS) is 17.8. The lowest BCUT2D eigenvalue weighted by atomic mass is 9.75. The Bertz CT molecular complexity index is 1600. The van der Waals surface area contributed by atoms with Crippen LogP contribution in [0.1, 0.15) is 83.3 Å². The van der Waals surface area contributed by atoms with Gasteiger partial charge in [0.25, 0.3) is 12.0 Å². The molecule has 0 radical (unpaired) electrons. The third-order valence-corrected chi connectivity index (χ3v) is 7.85. The number of alkyl halides is 5. The van der Waals surface area contributed by atoms with Crippen molar-refractivity contribution in [3.63, 3.8) is 0 Å². The molecule has 11 heteroatoms. The Kier molecular flexibility index (Phi) is 7.80. The smallest absolute Gasteiger partial charge is 0.286 e. The van der Waals surface area contributed by atoms with Crippen LogP contribution in [0.3, 0.4) is 0 Å². The third-order valence-electron chi connectivity index (χ3n) is 7.85. The maximum Gasteiger partial charge on any atom is 0.416 e. The number of rotatable bonds is 6. The number of hydrogen-bond acceptors (Lipinski definition) is 3. The van der Waals surface area contributed by atoms with Crippen molar-refractivity contribution < 1.29 is 26.3 Å². The van der Waals surface area contributed by atoms with Crippen molar-refractivity contribution in [2.24, 2.45) is 0 Å². The van der Waals surface area contributed by atoms with E-state index in [1.807, 2.05) is 13.0 Å². The molecule has 0 atom stereocenters. The minimum absolute atomic E-state index is 0.0286. The minimum Gasteiger partial charge on any atom is -0.286 e. The van der Waals surface area contributed by atoms with Crippen LogP contribution < -0.4 is 5.56 Å². The summed E-state index contributed by atoms with van der Waals surface area (Å²) in [5.74, 6) is -0.267. The molecule has 0 N–H and O–H groups in total. The lowest BCUT2D eigenvalue weighted by molar-refractivity contribution is -0.138. The van der Waals surface area contributed by atoms with E-state index in [1.54, 1.807) is 6.07 Å². The van der Waals surface area contributed by atoms with Crippen molar-refractivity contribution in [1.29, 1.82) is 0 Å². The van der Waals surface area contributed by atoms with Crippen LogP contribution in [0.5, 0.6) is 0 Å². The van der Waals surface area contributed by atoms with Gasteiger partial charge < -0.3 is 0 Å². The summed E-state index contributed by atoms with van der Waals surface area (Å²) < 4.78 is 84.8. The summed E-state index contributed by atoms with van der Waals surface area (Å²) in [6.45, 7) is 2.90. The maximum atomic E-state index is 14.6. The van der Waals surface area contributed by atoms with Gasteiger partial charge in [0.1, 0.15) is 17.3 Å². The molecule has 0 saturated heterocycles. The Labute approximate surface area is 232 Å². The Hall–Kier alpha value is -3.89. The molecule has 2 aromatic heterocycles. The SMILES string of the molecule is Cc1cccc(F)c1C1CCC(c2cc(-n3cc(C(F)F)nc3C)nn(Cc3ccccc3C(F)(F)F)c2=O)CC1. The standard InChI is InChI=1S/C30H28F6N4O/c1-17-6-5-9-24(31)27(17)20-12-10-19(11-13-20)22-14-26(39-16-25(28(32)33)37-18(39)2)38-40(29(22)41)15-21-7-3-4-8-23(21)30(34,35)36/h3-9,14,16,19-20,28H,10-13,15H2,1-2H3. The fourth-order valence-corrected chi connectivity index (χ4v) is 5.85. The number of halogens is 6. The molecule has 2 aromatic carbocycles. The molecule has 5 rings (SSSR count). The van der Waals surface area contributed by atoms with Gasteiger partial charge in [0, 0.05) is 11.8 Å². The van der Waals surface area contributed by atoms with Crippen molar-refractivity contribution in [3.05, 3.63) is 110 Å². The predicted octanol–water partition coefficient (Wildman–Crippen LogP) is 7.63. The van der Waals surface area contributed by atoms with Crippen LogP contribution in [0.25, 0.3) is 5.82 Å². The average Bonchev–Trinajstić information content (AvgIpc) is 3.32. The molecule has 1 fully saturated rings. The van der Waals surface area contributed by atoms with E-state index in [0.29, 0.717) is 36.8 Å². The number of benzene rings is 2. The Morgan fingerprint density at radius 3 is 2.29 bits per heavy atom. The summed E-state index contributed by atoms with van der Waals surface area (Å²) >= 11 is 0. The summed E-state index contributed by atoms with van der Waals surface area (Å²) in [4.78, 5) is 17.6. The number of aryl methyl sites for hydroxylation is 2. The van der Waals surface area contributed by atoms with Crippen molar-refractivity contribution in [3.8, 4) is 5.82 Å². The number of imidazole rings is 1. The van der Waals surface area contributed by atoms with Gasteiger partial charge in [-0.3, -0.25) is 9.36 Å². The maximum absolute atomic E-state index is 14.6. The molecule has 0 aliphatic heterocycles. The van der Waals surface area contributed by atoms with Crippen LogP contribution in [0.2, 0.25) is 0 Å². The molecule has 1 aliphatic rings. The fourth-order valence-electron chi connectivity index (χ4n) is 5.85. The van der Waals surface area contributed by atoms with E-state index in [0.717, 1.165) is 22.5 Å². The molecule has 41 heavy (non-hydrogen) atoms. The van der Waals surface area contributed by atoms with Gasteiger partial charge in [-0.2, -0.15) is 18.3 Å². The molecule has 0 amide bonds. The first kappa shape index (κ1) is 28.6. The highest BCUT2D eigenvalue weighted by Crippen LogP contribution is 2.41. The summed E-state index contributed by atoms with van der Waals surface area (Å²) in [6, 6.07) is 11.4. The second-order valence-corrected chi connectivity index (χ2v) is 10.5. The third kappa shape index (κ3) is 5.80. The molecule has 0 spiro atoms. The quantitative estimate of drug-likeness (QED) is 0.223. The Morgan fingerprint density at radius 1 is 0.976 bits per heavy atom. The highest BCUT2D eigenvalue weighted by molar-refractivity contribution is 5.35. The summed E-state index contributed by atoms with van der Waals surface area (Å²) in [5.41, 5.74) is -0.219. The predicted molar refractivity (Wildman–Crippen MR) is 141 cm³/mol. The molecule has 5 nitrogen and oxygen atoms in total. The molecule has 4 aromatic rings. The van der Waals surface area contributed by atoms with Crippen LogP contribution in [-0.2, 0) is 12.7 Å². The molecule has 0 unspecified atom stereocenters. The number of nitrogens with zero attached hydrogens (tertiary/aromatic N) is 4. The molecule has 216 valence electrons. The van der Waals surface area contributed by atoms with E-state index in [4.69, 9.17) is 0 Å². The fraction of sp³-hybridized carbons (Fsp3) is 0.367. The van der Waals surface area contributed by atoms with Crippen molar-refractivity contribution >= 4 is 0 Å². The van der Waals surface area contributed by atoms with Gasteiger partial charge in [0.05, 0.1) is 12.1 Å². The zero-order chi connectivity index (χ0) is 29.5. The van der Waals surface area contributed by atoms with E-state index >= 15 is 0 Å². The highest BCUT2D eigenvalue weighted by Gasteiger charge is 2.34. The van der Waals surface area contributed by atoms with Gasteiger partial charge in [-0.25, -0.2) is 22.8 Å².